The summed E-state index contributed by atoms with van der Waals surface area (Å²) in [5.74, 6) is 2.77. The van der Waals surface area contributed by atoms with Crippen LogP contribution in [0.25, 0.3) is 11.0 Å². The van der Waals surface area contributed by atoms with E-state index in [1.807, 2.05) is 165 Å². The Morgan fingerprint density at radius 2 is 0.914 bits per heavy atom. The van der Waals surface area contributed by atoms with Gasteiger partial charge in [0, 0.05) is 27.6 Å². The van der Waals surface area contributed by atoms with Crippen molar-refractivity contribution in [2.45, 2.75) is 320 Å². The zero-order chi connectivity index (χ0) is 82.2. The molecule has 0 unspecified atom stereocenters. The fourth-order valence-corrected chi connectivity index (χ4v) is 11.3. The van der Waals surface area contributed by atoms with E-state index < -0.39 is 0 Å². The Morgan fingerprint density at radius 3 is 1.34 bits per heavy atom. The van der Waals surface area contributed by atoms with Crippen LogP contribution >= 0.6 is 11.3 Å². The van der Waals surface area contributed by atoms with Crippen molar-refractivity contribution in [3.63, 3.8) is 0 Å². The minimum atomic E-state index is 0.156. The number of rotatable bonds is 0. The van der Waals surface area contributed by atoms with E-state index >= 15 is 0 Å². The number of fused-ring (bicyclic) bond motifs is 4. The largest absolute Gasteiger partial charge is 0.469 e. The molecule has 0 aliphatic carbocycles. The summed E-state index contributed by atoms with van der Waals surface area (Å²) in [6.45, 7) is 86.4. The van der Waals surface area contributed by atoms with Crippen LogP contribution in [0.2, 0.25) is 0 Å². The number of ether oxygens (including phenoxy) is 2. The van der Waals surface area contributed by atoms with Crippen LogP contribution in [0.3, 0.4) is 0 Å². The number of hydrogen-bond donors (Lipinski definition) is 1. The summed E-state index contributed by atoms with van der Waals surface area (Å²) in [6.07, 6.45) is 5.28. The van der Waals surface area contributed by atoms with Gasteiger partial charge in [0.05, 0.1) is 45.1 Å². The van der Waals surface area contributed by atoms with Crippen LogP contribution < -0.4 is 30.9 Å². The summed E-state index contributed by atoms with van der Waals surface area (Å²) in [5, 5.41) is 6.35. The average molecular weight is 1530 g/mol. The number of aromatic nitrogens is 3. The molecule has 0 radical (unpaired) electrons. The Hall–Kier alpha value is -6.72. The van der Waals surface area contributed by atoms with Gasteiger partial charge in [-0.2, -0.15) is 0 Å². The van der Waals surface area contributed by atoms with Gasteiger partial charge in [0.25, 0.3) is 0 Å². The molecule has 590 valence electrons. The number of nitrogens with zero attached hydrogens (tertiary/aromatic N) is 6. The van der Waals surface area contributed by atoms with Crippen molar-refractivity contribution in [1.82, 2.24) is 15.0 Å². The number of H-pyrrole nitrogens is 1. The van der Waals surface area contributed by atoms with Crippen LogP contribution in [0.15, 0.2) is 181 Å². The van der Waals surface area contributed by atoms with Gasteiger partial charge >= 0.3 is 62.2 Å². The second-order valence-electron chi connectivity index (χ2n) is 30.6. The number of benzene rings is 4. The molecule has 3 aliphatic rings. The Morgan fingerprint density at radius 1 is 0.390 bits per heavy atom. The minimum absolute atomic E-state index is 0.156. The van der Waals surface area contributed by atoms with E-state index in [2.05, 4.69) is 302 Å². The predicted octanol–water partition coefficient (Wildman–Crippen LogP) is 26.2. The Labute approximate surface area is 654 Å². The Kier molecular flexibility index (Phi) is 52.9. The van der Waals surface area contributed by atoms with Gasteiger partial charge in [-0.25, -0.2) is 4.98 Å². The molecule has 0 amide bonds. The monoisotopic (exact) mass is 1530 g/mol. The van der Waals surface area contributed by atoms with Crippen LogP contribution in [0.5, 0.6) is 11.5 Å². The Balaban J connectivity index is -0.000000542. The third-order valence-corrected chi connectivity index (χ3v) is 18.4. The maximum atomic E-state index is 5.31. The number of imidazole rings is 1. The van der Waals surface area contributed by atoms with E-state index in [0.717, 1.165) is 55.4 Å². The number of hydrogen-bond acceptors (Lipinski definition) is 10. The SMILES string of the molecule is CC.CC.CC.CC.CC.CC.CC.CC.CC(C)(C)c1ccc2c(c1)=NCN=2.CC(C)(C)c1ccc2c(c1)OCO2.CC(C)(C)c1ccc2nc[nH]c2c1.CC(C)(C)c1ccc[se]1.CC(C)(C)c1cccc2c1=NCN=2.CC(C)(C)c1ccccn1.CC(C)(C)c1ccco1.CC(C)(C)c1cccs1. The number of nitrogens with one attached hydrogen (secondary N) is 1. The van der Waals surface area contributed by atoms with Crippen LogP contribution in [-0.4, -0.2) is 49.6 Å². The summed E-state index contributed by atoms with van der Waals surface area (Å²) in [7, 11) is 0. The van der Waals surface area contributed by atoms with E-state index in [0.29, 0.717) is 45.5 Å². The minimum Gasteiger partial charge on any atom is -0.469 e. The molecule has 12 heteroatoms. The molecule has 0 spiro atoms. The van der Waals surface area contributed by atoms with Crippen LogP contribution in [0, 0.1) is 0 Å². The molecular formula is C93H153N7O3SSe. The van der Waals surface area contributed by atoms with Crippen LogP contribution in [0.1, 0.15) is 320 Å². The molecule has 10 nitrogen and oxygen atoms in total. The third kappa shape index (κ3) is 40.7. The Bertz CT molecular complexity index is 3730. The molecule has 0 fully saturated rings. The van der Waals surface area contributed by atoms with Gasteiger partial charge in [-0.15, -0.1) is 11.3 Å². The predicted molar refractivity (Wildman–Crippen MR) is 467 cm³/mol. The molecule has 0 saturated heterocycles. The molecule has 105 heavy (non-hydrogen) atoms. The van der Waals surface area contributed by atoms with E-state index in [1.54, 1.807) is 17.0 Å². The summed E-state index contributed by atoms with van der Waals surface area (Å²) in [4.78, 5) is 32.6. The summed E-state index contributed by atoms with van der Waals surface area (Å²) in [5.41, 5.74) is 10.4. The zero-order valence-corrected chi connectivity index (χ0v) is 76.9. The van der Waals surface area contributed by atoms with Gasteiger partial charge in [-0.3, -0.25) is 25.0 Å². The zero-order valence-electron chi connectivity index (χ0n) is 74.4. The second kappa shape index (κ2) is 53.1. The van der Waals surface area contributed by atoms with Gasteiger partial charge in [0.2, 0.25) is 6.79 Å². The third-order valence-electron chi connectivity index (χ3n) is 14.4. The molecule has 0 saturated carbocycles. The summed E-state index contributed by atoms with van der Waals surface area (Å²) >= 11 is 2.48. The number of pyridine rings is 1. The molecule has 1 N–H and O–H groups in total. The van der Waals surface area contributed by atoms with Gasteiger partial charge in [0.15, 0.2) is 11.5 Å². The first kappa shape index (κ1) is 105. The number of thiophene rings is 1. The van der Waals surface area contributed by atoms with Gasteiger partial charge in [-0.05, 0) is 128 Å². The quantitative estimate of drug-likeness (QED) is 0.152. The maximum Gasteiger partial charge on any atom is 0.130 e. The summed E-state index contributed by atoms with van der Waals surface area (Å²) in [6, 6.07) is 43.7. The number of aromatic amines is 1. The normalized spacial score (nSPS) is 11.6. The number of furan rings is 1. The van der Waals surface area contributed by atoms with Crippen molar-refractivity contribution in [3.05, 3.63) is 221 Å². The fourth-order valence-electron chi connectivity index (χ4n) is 8.74. The smallest absolute Gasteiger partial charge is 0.130 e. The van der Waals surface area contributed by atoms with Gasteiger partial charge in [0.1, 0.15) is 19.1 Å². The van der Waals surface area contributed by atoms with Crippen molar-refractivity contribution < 1.29 is 13.9 Å². The van der Waals surface area contributed by atoms with Crippen molar-refractivity contribution >= 4 is 36.9 Å². The van der Waals surface area contributed by atoms with E-state index in [-0.39, 0.29) is 32.5 Å². The molecule has 12 rings (SSSR count). The van der Waals surface area contributed by atoms with Gasteiger partial charge in [-0.1, -0.05) is 299 Å². The van der Waals surface area contributed by atoms with Crippen molar-refractivity contribution in [1.29, 1.82) is 0 Å². The first-order chi connectivity index (χ1) is 49.2. The topological polar surface area (TPSA) is 123 Å². The fraction of sp³-hybridized carbons (Fsp3) is 0.548. The van der Waals surface area contributed by atoms with E-state index in [9.17, 15) is 0 Å². The van der Waals surface area contributed by atoms with Crippen molar-refractivity contribution in [2.75, 3.05) is 20.1 Å². The van der Waals surface area contributed by atoms with E-state index in [1.165, 1.54) is 27.1 Å². The molecule has 0 bridgehead atoms. The summed E-state index contributed by atoms with van der Waals surface area (Å²) < 4.78 is 17.4. The van der Waals surface area contributed by atoms with Crippen LogP contribution in [0.4, 0.5) is 0 Å². The van der Waals surface area contributed by atoms with Crippen molar-refractivity contribution in [3.8, 4) is 11.5 Å². The number of para-hydroxylation sites is 1. The van der Waals surface area contributed by atoms with Crippen LogP contribution in [-0.2, 0) is 43.3 Å². The first-order valence-corrected chi connectivity index (χ1v) is 41.8. The second-order valence-corrected chi connectivity index (χ2v) is 33.6. The maximum absolute atomic E-state index is 5.31. The molecule has 0 atom stereocenters. The molecule has 9 aromatic rings. The molecule has 3 aliphatic heterocycles. The molecule has 8 heterocycles. The standard InChI is InChI=1S/3C11H14N2.C11H14O2.C9H13N.C8H12O.C8H12S.C8H12Se.8C2H6/c2*1-11(2,3)8-4-5-9-10(6-8)13-7-12-9;1-11(2,3)8-5-4-6-9-10(8)13-7-12-9;1-11(2,3)8-4-5-9-10(6-8)13-7-12-9;1-9(2,3)8-6-4-5-7-10-8;3*1-8(2,3)7-5-4-6-9-7;8*1-2/h4-6H,7H2,1-3H3;4-7H,1-3H3,(H,12,13);2*4-6H,7H2,1-3H3;4-7H,1-3H3;3*4-6H,1-3H3;8*1-2H3. The van der Waals surface area contributed by atoms with Gasteiger partial charge < -0.3 is 18.9 Å². The molecule has 4 aromatic carbocycles. The molecule has 5 aromatic heterocycles. The average Bonchev–Trinajstić information content (AvgIpc) is 1.74. The van der Waals surface area contributed by atoms with Crippen molar-refractivity contribution in [2.24, 2.45) is 20.0 Å². The first-order valence-electron chi connectivity index (χ1n) is 39.1. The van der Waals surface area contributed by atoms with E-state index in [4.69, 9.17) is 13.9 Å². The molecular weight excluding hydrogens is 1370 g/mol.